The second-order valence-electron chi connectivity index (χ2n) is 1.59. The van der Waals surface area contributed by atoms with E-state index in [1.54, 1.807) is 18.2 Å². The predicted molar refractivity (Wildman–Crippen MR) is 33.6 cm³/mol. The molecule has 0 heterocycles. The molecule has 1 aromatic carbocycles. The quantitative estimate of drug-likeness (QED) is 0.320. The van der Waals surface area contributed by atoms with Crippen molar-refractivity contribution in [2.75, 3.05) is 5.73 Å². The van der Waals surface area contributed by atoms with Crippen molar-refractivity contribution in [3.05, 3.63) is 24.3 Å². The molecule has 2 nitrogen and oxygen atoms in total. The number of phenolic OH excluding ortho intramolecular Hbond substituents is 1. The van der Waals surface area contributed by atoms with Crippen LogP contribution in [0.25, 0.3) is 0 Å². The van der Waals surface area contributed by atoms with Gasteiger partial charge in [-0.15, -0.1) is 0 Å². The van der Waals surface area contributed by atoms with Crippen molar-refractivity contribution in [2.45, 2.75) is 0 Å². The Morgan fingerprint density at radius 2 is 2.11 bits per heavy atom. The minimum absolute atomic E-state index is 0. The largest absolute Gasteiger partial charge is 1.00 e. The van der Waals surface area contributed by atoms with E-state index >= 15 is 0 Å². The van der Waals surface area contributed by atoms with Gasteiger partial charge in [0, 0.05) is 11.8 Å². The third-order valence-corrected chi connectivity index (χ3v) is 0.870. The van der Waals surface area contributed by atoms with Gasteiger partial charge in [-0.05, 0) is 12.1 Å². The molecule has 0 aromatic heterocycles. The molecule has 0 atom stereocenters. The van der Waals surface area contributed by atoms with Gasteiger partial charge in [0.1, 0.15) is 5.75 Å². The normalized spacial score (nSPS) is 8.00. The van der Waals surface area contributed by atoms with Gasteiger partial charge in [0.15, 0.2) is 0 Å². The zero-order valence-electron chi connectivity index (χ0n) is 6.33. The van der Waals surface area contributed by atoms with Crippen LogP contribution in [0.15, 0.2) is 24.3 Å². The van der Waals surface area contributed by atoms with Crippen molar-refractivity contribution in [3.8, 4) is 5.75 Å². The second kappa shape index (κ2) is 3.77. The minimum atomic E-state index is 0. The van der Waals surface area contributed by atoms with Gasteiger partial charge >= 0.3 is 29.6 Å². The minimum Gasteiger partial charge on any atom is -1.00 e. The Hall–Kier alpha value is -0.180. The SMILES string of the molecule is Nc1cccc(O)c1.[H-].[Na+]. The molecule has 0 unspecified atom stereocenters. The maximum Gasteiger partial charge on any atom is 1.00 e. The Bertz CT molecular complexity index is 178. The van der Waals surface area contributed by atoms with Crippen LogP contribution < -0.4 is 35.3 Å². The van der Waals surface area contributed by atoms with Crippen LogP contribution in [-0.2, 0) is 0 Å². The number of aromatic hydroxyl groups is 1. The van der Waals surface area contributed by atoms with Crippen LogP contribution in [0.5, 0.6) is 5.75 Å². The van der Waals surface area contributed by atoms with E-state index < -0.39 is 0 Å². The van der Waals surface area contributed by atoms with E-state index in [9.17, 15) is 0 Å². The van der Waals surface area contributed by atoms with E-state index in [1.807, 2.05) is 0 Å². The first-order valence-corrected chi connectivity index (χ1v) is 2.33. The molecule has 0 aliphatic heterocycles. The monoisotopic (exact) mass is 133 g/mol. The number of nitrogens with two attached hydrogens (primary N) is 1. The predicted octanol–water partition coefficient (Wildman–Crippen LogP) is -1.91. The molecule has 0 spiro atoms. The van der Waals surface area contributed by atoms with Crippen molar-refractivity contribution >= 4 is 5.69 Å². The van der Waals surface area contributed by atoms with Crippen LogP contribution in [0, 0.1) is 0 Å². The molecule has 0 bridgehead atoms. The number of nitrogen functional groups attached to an aromatic ring is 1. The fraction of sp³-hybridized carbons (Fsp3) is 0. The number of phenols is 1. The fourth-order valence-electron chi connectivity index (χ4n) is 0.525. The topological polar surface area (TPSA) is 46.2 Å². The van der Waals surface area contributed by atoms with E-state index in [4.69, 9.17) is 10.8 Å². The van der Waals surface area contributed by atoms with Crippen LogP contribution in [0.3, 0.4) is 0 Å². The number of anilines is 1. The summed E-state index contributed by atoms with van der Waals surface area (Å²) in [6, 6.07) is 6.50. The average Bonchev–Trinajstić information content (AvgIpc) is 1.64. The van der Waals surface area contributed by atoms with Crippen LogP contribution in [0.4, 0.5) is 5.69 Å². The van der Waals surface area contributed by atoms with Crippen LogP contribution in [0.1, 0.15) is 1.43 Å². The molecule has 0 saturated heterocycles. The molecule has 9 heavy (non-hydrogen) atoms. The summed E-state index contributed by atoms with van der Waals surface area (Å²) in [5, 5.41) is 8.73. The Morgan fingerprint density at radius 1 is 1.44 bits per heavy atom. The molecule has 0 saturated carbocycles. The Morgan fingerprint density at radius 3 is 2.44 bits per heavy atom. The number of hydrogen-bond acceptors (Lipinski definition) is 2. The van der Waals surface area contributed by atoms with Gasteiger partial charge < -0.3 is 12.3 Å². The van der Waals surface area contributed by atoms with E-state index in [2.05, 4.69) is 0 Å². The first-order valence-electron chi connectivity index (χ1n) is 2.33. The van der Waals surface area contributed by atoms with Crippen molar-refractivity contribution in [3.63, 3.8) is 0 Å². The standard InChI is InChI=1S/C6H7NO.Na.H/c7-5-2-1-3-6(8)4-5;;/h1-4,8H,7H2;;/q;+1;-1. The van der Waals surface area contributed by atoms with E-state index in [-0.39, 0.29) is 36.7 Å². The molecular formula is C6H8NNaO. The molecule has 1 rings (SSSR count). The first kappa shape index (κ1) is 8.82. The van der Waals surface area contributed by atoms with Crippen molar-refractivity contribution in [2.24, 2.45) is 0 Å². The second-order valence-corrected chi connectivity index (χ2v) is 1.59. The Kier molecular flexibility index (Phi) is 3.70. The van der Waals surface area contributed by atoms with Crippen molar-refractivity contribution in [1.82, 2.24) is 0 Å². The number of hydrogen-bond donors (Lipinski definition) is 2. The first-order chi connectivity index (χ1) is 3.79. The number of benzene rings is 1. The molecule has 0 aliphatic carbocycles. The molecule has 0 radical (unpaired) electrons. The maximum absolute atomic E-state index is 8.73. The smallest absolute Gasteiger partial charge is 1.00 e. The van der Waals surface area contributed by atoms with E-state index in [0.29, 0.717) is 5.69 Å². The Balaban J connectivity index is 0. The van der Waals surface area contributed by atoms with Gasteiger partial charge in [0.2, 0.25) is 0 Å². The molecule has 0 amide bonds. The summed E-state index contributed by atoms with van der Waals surface area (Å²) in [5.74, 6) is 0.213. The van der Waals surface area contributed by atoms with E-state index in [1.165, 1.54) is 6.07 Å². The van der Waals surface area contributed by atoms with Crippen LogP contribution in [-0.4, -0.2) is 5.11 Å². The fourth-order valence-corrected chi connectivity index (χ4v) is 0.525. The summed E-state index contributed by atoms with van der Waals surface area (Å²) in [4.78, 5) is 0. The summed E-state index contributed by atoms with van der Waals surface area (Å²) < 4.78 is 0. The van der Waals surface area contributed by atoms with Gasteiger partial charge in [0.05, 0.1) is 0 Å². The summed E-state index contributed by atoms with van der Waals surface area (Å²) >= 11 is 0. The van der Waals surface area contributed by atoms with Crippen molar-refractivity contribution < 1.29 is 36.1 Å². The van der Waals surface area contributed by atoms with Gasteiger partial charge in [0.25, 0.3) is 0 Å². The third-order valence-electron chi connectivity index (χ3n) is 0.870. The molecular weight excluding hydrogens is 125 g/mol. The van der Waals surface area contributed by atoms with Gasteiger partial charge in [-0.3, -0.25) is 0 Å². The Labute approximate surface area is 77.5 Å². The summed E-state index contributed by atoms with van der Waals surface area (Å²) in [7, 11) is 0. The average molecular weight is 133 g/mol. The molecule has 3 heteroatoms. The summed E-state index contributed by atoms with van der Waals surface area (Å²) in [6.07, 6.45) is 0. The summed E-state index contributed by atoms with van der Waals surface area (Å²) in [5.41, 5.74) is 5.89. The van der Waals surface area contributed by atoms with Crippen LogP contribution in [0.2, 0.25) is 0 Å². The zero-order chi connectivity index (χ0) is 5.98. The molecule has 0 fully saturated rings. The number of rotatable bonds is 0. The molecule has 3 N–H and O–H groups in total. The molecule has 0 aliphatic rings. The van der Waals surface area contributed by atoms with Gasteiger partial charge in [-0.25, -0.2) is 0 Å². The van der Waals surface area contributed by atoms with Gasteiger partial charge in [-0.1, -0.05) is 6.07 Å². The maximum atomic E-state index is 8.73. The van der Waals surface area contributed by atoms with Gasteiger partial charge in [-0.2, -0.15) is 0 Å². The van der Waals surface area contributed by atoms with E-state index in [0.717, 1.165) is 0 Å². The zero-order valence-corrected chi connectivity index (χ0v) is 7.33. The molecule has 44 valence electrons. The van der Waals surface area contributed by atoms with Crippen LogP contribution >= 0.6 is 0 Å². The third kappa shape index (κ3) is 2.75. The summed E-state index contributed by atoms with van der Waals surface area (Å²) in [6.45, 7) is 0. The van der Waals surface area contributed by atoms with Crippen molar-refractivity contribution in [1.29, 1.82) is 0 Å². The molecule has 1 aromatic rings.